The smallest absolute Gasteiger partial charge is 0.258 e. The first-order valence-corrected chi connectivity index (χ1v) is 5.91. The van der Waals surface area contributed by atoms with Crippen molar-refractivity contribution in [1.29, 1.82) is 0 Å². The maximum absolute atomic E-state index is 13.5. The summed E-state index contributed by atoms with van der Waals surface area (Å²) in [5.41, 5.74) is 0.960. The van der Waals surface area contributed by atoms with Crippen molar-refractivity contribution < 1.29 is 14.3 Å². The molecule has 0 fully saturated rings. The number of anilines is 1. The Morgan fingerprint density at radius 2 is 2.00 bits per heavy atom. The molecule has 0 heterocycles. The van der Waals surface area contributed by atoms with Gasteiger partial charge in [-0.1, -0.05) is 11.6 Å². The fourth-order valence-electron chi connectivity index (χ4n) is 1.60. The molecule has 3 nitrogen and oxygen atoms in total. The summed E-state index contributed by atoms with van der Waals surface area (Å²) in [4.78, 5) is 11.9. The van der Waals surface area contributed by atoms with Crippen LogP contribution in [0.25, 0.3) is 0 Å². The molecule has 19 heavy (non-hydrogen) atoms. The number of hydrogen-bond acceptors (Lipinski definition) is 2. The first-order chi connectivity index (χ1) is 8.97. The Morgan fingerprint density at radius 1 is 1.26 bits per heavy atom. The average Bonchev–Trinajstić information content (AvgIpc) is 2.36. The maximum Gasteiger partial charge on any atom is 0.258 e. The second-order valence-corrected chi connectivity index (χ2v) is 4.52. The van der Waals surface area contributed by atoms with Crippen LogP contribution in [-0.2, 0) is 0 Å². The summed E-state index contributed by atoms with van der Waals surface area (Å²) >= 11 is 5.73. The van der Waals surface area contributed by atoms with E-state index < -0.39 is 11.7 Å². The van der Waals surface area contributed by atoms with E-state index in [-0.39, 0.29) is 16.3 Å². The number of carbonyl (C=O) groups is 1. The lowest BCUT2D eigenvalue weighted by atomic mass is 10.1. The molecule has 98 valence electrons. The number of halogens is 2. The topological polar surface area (TPSA) is 49.3 Å². The number of rotatable bonds is 2. The van der Waals surface area contributed by atoms with Gasteiger partial charge >= 0.3 is 0 Å². The molecule has 1 amide bonds. The van der Waals surface area contributed by atoms with E-state index in [1.807, 2.05) is 0 Å². The molecule has 2 rings (SSSR count). The van der Waals surface area contributed by atoms with Crippen LogP contribution in [0.1, 0.15) is 15.9 Å². The van der Waals surface area contributed by atoms with Gasteiger partial charge in [0.1, 0.15) is 11.6 Å². The molecule has 0 radical (unpaired) electrons. The van der Waals surface area contributed by atoms with Gasteiger partial charge in [0.25, 0.3) is 5.91 Å². The zero-order valence-corrected chi connectivity index (χ0v) is 10.8. The number of hydrogen-bond donors (Lipinski definition) is 2. The summed E-state index contributed by atoms with van der Waals surface area (Å²) in [5.74, 6) is -1.10. The quantitative estimate of drug-likeness (QED) is 0.823. The third-order valence-corrected chi connectivity index (χ3v) is 2.86. The molecule has 0 spiro atoms. The van der Waals surface area contributed by atoms with Crippen LogP contribution in [0.2, 0.25) is 5.02 Å². The molecule has 2 aromatic carbocycles. The van der Waals surface area contributed by atoms with Gasteiger partial charge < -0.3 is 10.4 Å². The lowest BCUT2D eigenvalue weighted by molar-refractivity contribution is 0.102. The number of carbonyl (C=O) groups excluding carboxylic acids is 1. The predicted molar refractivity (Wildman–Crippen MR) is 72.2 cm³/mol. The first kappa shape index (κ1) is 13.4. The Labute approximate surface area is 114 Å². The standard InChI is InChI=1S/C14H11ClFNO2/c1-8-6-10(3-5-13(8)18)17-14(19)11-7-9(15)2-4-12(11)16/h2-7,18H,1H3,(H,17,19). The van der Waals surface area contributed by atoms with Crippen LogP contribution in [0, 0.1) is 12.7 Å². The Balaban J connectivity index is 2.25. The fraction of sp³-hybridized carbons (Fsp3) is 0.0714. The Bertz CT molecular complexity index is 643. The number of aromatic hydroxyl groups is 1. The average molecular weight is 280 g/mol. The molecule has 2 aromatic rings. The summed E-state index contributed by atoms with van der Waals surface area (Å²) in [6.07, 6.45) is 0. The minimum Gasteiger partial charge on any atom is -0.508 e. The van der Waals surface area contributed by atoms with E-state index >= 15 is 0 Å². The van der Waals surface area contributed by atoms with Gasteiger partial charge in [-0.2, -0.15) is 0 Å². The second kappa shape index (κ2) is 5.28. The maximum atomic E-state index is 13.5. The van der Waals surface area contributed by atoms with Gasteiger partial charge in [0.15, 0.2) is 0 Å². The van der Waals surface area contributed by atoms with Gasteiger partial charge in [0, 0.05) is 10.7 Å². The number of nitrogens with one attached hydrogen (secondary N) is 1. The van der Waals surface area contributed by atoms with Gasteiger partial charge in [0.2, 0.25) is 0 Å². The van der Waals surface area contributed by atoms with Gasteiger partial charge in [-0.25, -0.2) is 4.39 Å². The highest BCUT2D eigenvalue weighted by atomic mass is 35.5. The summed E-state index contributed by atoms with van der Waals surface area (Å²) in [6.45, 7) is 1.70. The van der Waals surface area contributed by atoms with Crippen LogP contribution < -0.4 is 5.32 Å². The third-order valence-electron chi connectivity index (χ3n) is 2.63. The lowest BCUT2D eigenvalue weighted by Gasteiger charge is -2.08. The summed E-state index contributed by atoms with van der Waals surface area (Å²) in [6, 6.07) is 8.36. The van der Waals surface area contributed by atoms with Crippen molar-refractivity contribution in [1.82, 2.24) is 0 Å². The Hall–Kier alpha value is -2.07. The number of phenolic OH excluding ortho intramolecular Hbond substituents is 1. The molecule has 0 aliphatic rings. The van der Waals surface area contributed by atoms with E-state index in [4.69, 9.17) is 11.6 Å². The van der Waals surface area contributed by atoms with Gasteiger partial charge in [0.05, 0.1) is 5.56 Å². The number of aryl methyl sites for hydroxylation is 1. The van der Waals surface area contributed by atoms with Crippen molar-refractivity contribution >= 4 is 23.2 Å². The molecule has 2 N–H and O–H groups in total. The van der Waals surface area contributed by atoms with E-state index in [1.54, 1.807) is 13.0 Å². The van der Waals surface area contributed by atoms with Gasteiger partial charge in [-0.3, -0.25) is 4.79 Å². The molecular weight excluding hydrogens is 269 g/mol. The van der Waals surface area contributed by atoms with E-state index in [2.05, 4.69) is 5.32 Å². The summed E-state index contributed by atoms with van der Waals surface area (Å²) < 4.78 is 13.5. The number of phenols is 1. The molecule has 0 saturated heterocycles. The predicted octanol–water partition coefficient (Wildman–Crippen LogP) is 3.75. The SMILES string of the molecule is Cc1cc(NC(=O)c2cc(Cl)ccc2F)ccc1O. The van der Waals surface area contributed by atoms with Crippen LogP contribution in [0.5, 0.6) is 5.75 Å². The lowest BCUT2D eigenvalue weighted by Crippen LogP contribution is -2.13. The molecule has 0 aromatic heterocycles. The summed E-state index contributed by atoms with van der Waals surface area (Å²) in [7, 11) is 0. The van der Waals surface area contributed by atoms with Crippen LogP contribution in [0.3, 0.4) is 0 Å². The van der Waals surface area contributed by atoms with Crippen LogP contribution in [0.4, 0.5) is 10.1 Å². The third kappa shape index (κ3) is 3.03. The highest BCUT2D eigenvalue weighted by Gasteiger charge is 2.12. The minimum atomic E-state index is -0.641. The van der Waals surface area contributed by atoms with Gasteiger partial charge in [-0.15, -0.1) is 0 Å². The molecule has 0 bridgehead atoms. The van der Waals surface area contributed by atoms with Crippen molar-refractivity contribution in [3.05, 3.63) is 58.4 Å². The van der Waals surface area contributed by atoms with Crippen LogP contribution >= 0.6 is 11.6 Å². The Kier molecular flexibility index (Phi) is 3.71. The normalized spacial score (nSPS) is 10.3. The second-order valence-electron chi connectivity index (χ2n) is 4.08. The molecule has 0 aliphatic carbocycles. The molecule has 0 aliphatic heterocycles. The molecule has 0 saturated carbocycles. The Morgan fingerprint density at radius 3 is 2.68 bits per heavy atom. The van der Waals surface area contributed by atoms with E-state index in [9.17, 15) is 14.3 Å². The number of amides is 1. The fourth-order valence-corrected chi connectivity index (χ4v) is 1.78. The van der Waals surface area contributed by atoms with Crippen LogP contribution in [-0.4, -0.2) is 11.0 Å². The van der Waals surface area contributed by atoms with Crippen molar-refractivity contribution in [2.75, 3.05) is 5.32 Å². The monoisotopic (exact) mass is 279 g/mol. The highest BCUT2D eigenvalue weighted by molar-refractivity contribution is 6.31. The molecule has 0 atom stereocenters. The first-order valence-electron chi connectivity index (χ1n) is 5.53. The summed E-state index contributed by atoms with van der Waals surface area (Å²) in [5, 5.41) is 12.2. The molecular formula is C14H11ClFNO2. The van der Waals surface area contributed by atoms with E-state index in [0.717, 1.165) is 6.07 Å². The van der Waals surface area contributed by atoms with Gasteiger partial charge in [-0.05, 0) is 48.9 Å². The zero-order chi connectivity index (χ0) is 14.0. The van der Waals surface area contributed by atoms with Crippen molar-refractivity contribution in [2.24, 2.45) is 0 Å². The highest BCUT2D eigenvalue weighted by Crippen LogP contribution is 2.21. The van der Waals surface area contributed by atoms with Crippen molar-refractivity contribution in [2.45, 2.75) is 6.92 Å². The largest absolute Gasteiger partial charge is 0.508 e. The van der Waals surface area contributed by atoms with Crippen molar-refractivity contribution in [3.63, 3.8) is 0 Å². The number of benzene rings is 2. The van der Waals surface area contributed by atoms with Crippen molar-refractivity contribution in [3.8, 4) is 5.75 Å². The molecule has 0 unspecified atom stereocenters. The van der Waals surface area contributed by atoms with E-state index in [0.29, 0.717) is 11.3 Å². The van der Waals surface area contributed by atoms with Crippen LogP contribution in [0.15, 0.2) is 36.4 Å². The molecule has 5 heteroatoms. The van der Waals surface area contributed by atoms with E-state index in [1.165, 1.54) is 24.3 Å². The minimum absolute atomic E-state index is 0.127. The zero-order valence-electron chi connectivity index (χ0n) is 10.1.